The topological polar surface area (TPSA) is 54.4 Å². The molecule has 23 heavy (non-hydrogen) atoms. The molecule has 3 rings (SSSR count). The lowest BCUT2D eigenvalue weighted by molar-refractivity contribution is 0.366. The first-order valence-corrected chi connectivity index (χ1v) is 7.58. The highest BCUT2D eigenvalue weighted by Gasteiger charge is 2.21. The minimum absolute atomic E-state index is 0.0159. The Labute approximate surface area is 134 Å². The van der Waals surface area contributed by atoms with Crippen molar-refractivity contribution in [3.05, 3.63) is 35.5 Å². The fourth-order valence-corrected chi connectivity index (χ4v) is 2.80. The maximum Gasteiger partial charge on any atom is 0.255 e. The number of halogens is 1. The van der Waals surface area contributed by atoms with Crippen molar-refractivity contribution in [2.24, 2.45) is 0 Å². The monoisotopic (exact) mass is 317 g/mol. The molecule has 122 valence electrons. The molecular formula is C16H20FN5O. The summed E-state index contributed by atoms with van der Waals surface area (Å²) in [7, 11) is 1.40. The van der Waals surface area contributed by atoms with Gasteiger partial charge >= 0.3 is 0 Å². The van der Waals surface area contributed by atoms with Gasteiger partial charge in [0.05, 0.1) is 13.3 Å². The first kappa shape index (κ1) is 15.5. The molecular weight excluding hydrogens is 297 g/mol. The van der Waals surface area contributed by atoms with Crippen molar-refractivity contribution in [1.29, 1.82) is 0 Å². The third-order valence-corrected chi connectivity index (χ3v) is 3.89. The number of methoxy groups -OCH3 is 1. The quantitative estimate of drug-likeness (QED) is 0.862. The molecule has 2 aromatic rings. The summed E-state index contributed by atoms with van der Waals surface area (Å²) >= 11 is 0. The van der Waals surface area contributed by atoms with Gasteiger partial charge in [-0.05, 0) is 26.0 Å². The van der Waals surface area contributed by atoms with Crippen molar-refractivity contribution in [2.45, 2.75) is 13.8 Å². The van der Waals surface area contributed by atoms with Crippen LogP contribution in [0.25, 0.3) is 0 Å². The van der Waals surface area contributed by atoms with Crippen LogP contribution in [0.4, 0.5) is 16.0 Å². The molecule has 0 saturated carbocycles. The van der Waals surface area contributed by atoms with Crippen LogP contribution in [0.2, 0.25) is 0 Å². The lowest BCUT2D eigenvalue weighted by Gasteiger charge is -2.36. The predicted octanol–water partition coefficient (Wildman–Crippen LogP) is 1.96. The number of hydrogen-bond acceptors (Lipinski definition) is 6. The molecule has 2 aromatic heterocycles. The zero-order chi connectivity index (χ0) is 16.4. The first-order valence-electron chi connectivity index (χ1n) is 7.58. The molecule has 1 saturated heterocycles. The molecule has 1 aliphatic heterocycles. The van der Waals surface area contributed by atoms with E-state index in [4.69, 9.17) is 4.74 Å². The number of aryl methyl sites for hydroxylation is 2. The molecule has 6 nitrogen and oxygen atoms in total. The highest BCUT2D eigenvalue weighted by molar-refractivity contribution is 5.50. The van der Waals surface area contributed by atoms with Crippen molar-refractivity contribution in [3.8, 4) is 5.88 Å². The van der Waals surface area contributed by atoms with Crippen molar-refractivity contribution >= 4 is 11.6 Å². The van der Waals surface area contributed by atoms with Gasteiger partial charge in [0.25, 0.3) is 5.88 Å². The summed E-state index contributed by atoms with van der Waals surface area (Å²) in [5.74, 6) is -0.0552. The van der Waals surface area contributed by atoms with E-state index in [0.29, 0.717) is 5.95 Å². The Kier molecular flexibility index (Phi) is 4.27. The Hall–Kier alpha value is -2.44. The van der Waals surface area contributed by atoms with E-state index < -0.39 is 5.82 Å². The fraction of sp³-hybridized carbons (Fsp3) is 0.438. The molecule has 3 heterocycles. The molecule has 0 atom stereocenters. The second kappa shape index (κ2) is 6.36. The van der Waals surface area contributed by atoms with E-state index in [0.717, 1.165) is 43.8 Å². The average molecular weight is 317 g/mol. The van der Waals surface area contributed by atoms with Crippen LogP contribution >= 0.6 is 0 Å². The minimum Gasteiger partial charge on any atom is -0.479 e. The normalized spacial score (nSPS) is 15.0. The number of rotatable bonds is 3. The Balaban J connectivity index is 1.71. The standard InChI is InChI=1S/C16H20FN5O/c1-11-8-13(9-12(2)19-11)21-4-6-22(7-5-21)16-18-10-14(17)15(20-16)23-3/h8-10H,4-7H2,1-3H3. The Morgan fingerprint density at radius 3 is 2.22 bits per heavy atom. The second-order valence-corrected chi connectivity index (χ2v) is 5.61. The summed E-state index contributed by atoms with van der Waals surface area (Å²) in [6.45, 7) is 7.26. The van der Waals surface area contributed by atoms with Gasteiger partial charge in [0.2, 0.25) is 11.8 Å². The van der Waals surface area contributed by atoms with Crippen LogP contribution in [0.1, 0.15) is 11.4 Å². The molecule has 0 amide bonds. The summed E-state index contributed by atoms with van der Waals surface area (Å²) in [6.07, 6.45) is 1.16. The largest absolute Gasteiger partial charge is 0.479 e. The lowest BCUT2D eigenvalue weighted by atomic mass is 10.2. The molecule has 0 unspecified atom stereocenters. The Morgan fingerprint density at radius 2 is 1.61 bits per heavy atom. The third kappa shape index (κ3) is 3.33. The summed E-state index contributed by atoms with van der Waals surface area (Å²) in [4.78, 5) is 17.0. The van der Waals surface area contributed by atoms with Gasteiger partial charge < -0.3 is 14.5 Å². The lowest BCUT2D eigenvalue weighted by Crippen LogP contribution is -2.47. The zero-order valence-corrected chi connectivity index (χ0v) is 13.6. The van der Waals surface area contributed by atoms with Crippen molar-refractivity contribution in [3.63, 3.8) is 0 Å². The zero-order valence-electron chi connectivity index (χ0n) is 13.6. The first-order chi connectivity index (χ1) is 11.1. The van der Waals surface area contributed by atoms with Crippen molar-refractivity contribution in [1.82, 2.24) is 15.0 Å². The average Bonchev–Trinajstić information content (AvgIpc) is 2.54. The summed E-state index contributed by atoms with van der Waals surface area (Å²) in [5.41, 5.74) is 3.23. The van der Waals surface area contributed by atoms with E-state index in [9.17, 15) is 4.39 Å². The van der Waals surface area contributed by atoms with Crippen LogP contribution in [-0.4, -0.2) is 48.2 Å². The van der Waals surface area contributed by atoms with Gasteiger partial charge in [0.15, 0.2) is 0 Å². The fourth-order valence-electron chi connectivity index (χ4n) is 2.80. The minimum atomic E-state index is -0.544. The van der Waals surface area contributed by atoms with Crippen LogP contribution < -0.4 is 14.5 Å². The maximum atomic E-state index is 13.4. The number of aromatic nitrogens is 3. The second-order valence-electron chi connectivity index (χ2n) is 5.61. The third-order valence-electron chi connectivity index (χ3n) is 3.89. The number of hydrogen-bond donors (Lipinski definition) is 0. The molecule has 0 N–H and O–H groups in total. The van der Waals surface area contributed by atoms with Gasteiger partial charge in [0, 0.05) is 43.3 Å². The molecule has 0 bridgehead atoms. The van der Waals surface area contributed by atoms with E-state index >= 15 is 0 Å². The van der Waals surface area contributed by atoms with Gasteiger partial charge in [-0.2, -0.15) is 9.37 Å². The van der Waals surface area contributed by atoms with E-state index in [-0.39, 0.29) is 5.88 Å². The van der Waals surface area contributed by atoms with Crippen LogP contribution in [0.5, 0.6) is 5.88 Å². The number of nitrogens with zero attached hydrogens (tertiary/aromatic N) is 5. The predicted molar refractivity (Wildman–Crippen MR) is 86.7 cm³/mol. The van der Waals surface area contributed by atoms with Crippen LogP contribution in [0.3, 0.4) is 0 Å². The Bertz CT molecular complexity index is 681. The number of piperazine rings is 1. The Morgan fingerprint density at radius 1 is 1.00 bits per heavy atom. The van der Waals surface area contributed by atoms with Gasteiger partial charge in [0.1, 0.15) is 0 Å². The molecule has 1 fully saturated rings. The molecule has 0 aromatic carbocycles. The van der Waals surface area contributed by atoms with Gasteiger partial charge in [-0.15, -0.1) is 0 Å². The van der Waals surface area contributed by atoms with E-state index in [1.54, 1.807) is 0 Å². The molecule has 0 spiro atoms. The van der Waals surface area contributed by atoms with Gasteiger partial charge in [-0.1, -0.05) is 0 Å². The number of pyridine rings is 1. The van der Waals surface area contributed by atoms with Crippen molar-refractivity contribution < 1.29 is 9.13 Å². The summed E-state index contributed by atoms with van der Waals surface area (Å²) in [5, 5.41) is 0. The number of anilines is 2. The van der Waals surface area contributed by atoms with Crippen LogP contribution in [-0.2, 0) is 0 Å². The van der Waals surface area contributed by atoms with E-state index in [1.807, 2.05) is 18.7 Å². The van der Waals surface area contributed by atoms with Gasteiger partial charge in [-0.25, -0.2) is 4.98 Å². The van der Waals surface area contributed by atoms with Crippen LogP contribution in [0, 0.1) is 19.7 Å². The molecule has 1 aliphatic rings. The molecule has 0 radical (unpaired) electrons. The van der Waals surface area contributed by atoms with Crippen molar-refractivity contribution in [2.75, 3.05) is 43.1 Å². The molecule has 0 aliphatic carbocycles. The molecule has 7 heteroatoms. The maximum absolute atomic E-state index is 13.4. The highest BCUT2D eigenvalue weighted by Crippen LogP contribution is 2.21. The van der Waals surface area contributed by atoms with Crippen LogP contribution in [0.15, 0.2) is 18.3 Å². The summed E-state index contributed by atoms with van der Waals surface area (Å²) in [6, 6.07) is 4.19. The highest BCUT2D eigenvalue weighted by atomic mass is 19.1. The van der Waals surface area contributed by atoms with E-state index in [2.05, 4.69) is 32.0 Å². The van der Waals surface area contributed by atoms with Gasteiger partial charge in [-0.3, -0.25) is 4.98 Å². The van der Waals surface area contributed by atoms with E-state index in [1.165, 1.54) is 12.8 Å². The SMILES string of the molecule is COc1nc(N2CCN(c3cc(C)nc(C)c3)CC2)ncc1F. The summed E-state index contributed by atoms with van der Waals surface area (Å²) < 4.78 is 18.3. The smallest absolute Gasteiger partial charge is 0.255 e. The number of ether oxygens (including phenoxy) is 1.